The average molecular weight is 249 g/mol. The molecule has 1 aromatic rings. The number of nitrogens with zero attached hydrogens (tertiary/aromatic N) is 3. The number of amides is 1. The molecule has 0 atom stereocenters. The first-order valence-electron chi connectivity index (χ1n) is 5.61. The van der Waals surface area contributed by atoms with Gasteiger partial charge in [-0.05, 0) is 18.8 Å². The molecule has 0 bridgehead atoms. The van der Waals surface area contributed by atoms with E-state index in [4.69, 9.17) is 0 Å². The summed E-state index contributed by atoms with van der Waals surface area (Å²) >= 11 is 1.51. The first kappa shape index (κ1) is 12.1. The Kier molecular flexibility index (Phi) is 3.16. The van der Waals surface area contributed by atoms with E-state index in [1.165, 1.54) is 11.3 Å². The van der Waals surface area contributed by atoms with Gasteiger partial charge in [0.25, 0.3) is 0 Å². The van der Waals surface area contributed by atoms with Gasteiger partial charge in [0.2, 0.25) is 5.91 Å². The third-order valence-electron chi connectivity index (χ3n) is 3.25. The van der Waals surface area contributed by atoms with E-state index in [1.807, 2.05) is 5.38 Å². The minimum absolute atomic E-state index is 0.0638. The maximum Gasteiger partial charge on any atom is 0.243 e. The van der Waals surface area contributed by atoms with Crippen LogP contribution in [0, 0.1) is 22.7 Å². The van der Waals surface area contributed by atoms with Gasteiger partial charge in [0, 0.05) is 12.4 Å². The normalized spacial score (nSPS) is 27.0. The standard InChI is InChI=1S/C12H15N3OS/c1-9-3-12(4-9,7-13)11(16)15(2)5-10-6-17-8-14-10/h6,8-9H,3-5H2,1-2H3. The minimum atomic E-state index is -0.774. The van der Waals surface area contributed by atoms with Crippen LogP contribution in [0.1, 0.15) is 25.5 Å². The fraction of sp³-hybridized carbons (Fsp3) is 0.583. The van der Waals surface area contributed by atoms with Gasteiger partial charge in [-0.2, -0.15) is 5.26 Å². The zero-order valence-electron chi connectivity index (χ0n) is 10.0. The van der Waals surface area contributed by atoms with Gasteiger partial charge in [0.15, 0.2) is 0 Å². The van der Waals surface area contributed by atoms with Crippen LogP contribution in [-0.2, 0) is 11.3 Å². The highest BCUT2D eigenvalue weighted by molar-refractivity contribution is 7.07. The van der Waals surface area contributed by atoms with E-state index in [0.717, 1.165) is 5.69 Å². The van der Waals surface area contributed by atoms with Crippen molar-refractivity contribution in [2.24, 2.45) is 11.3 Å². The zero-order valence-corrected chi connectivity index (χ0v) is 10.8. The van der Waals surface area contributed by atoms with Crippen molar-refractivity contribution < 1.29 is 4.79 Å². The molecule has 1 amide bonds. The third kappa shape index (κ3) is 2.18. The third-order valence-corrected chi connectivity index (χ3v) is 3.88. The van der Waals surface area contributed by atoms with Crippen molar-refractivity contribution in [3.63, 3.8) is 0 Å². The number of nitriles is 1. The Balaban J connectivity index is 2.02. The van der Waals surface area contributed by atoms with Crippen molar-refractivity contribution in [1.29, 1.82) is 5.26 Å². The molecule has 0 spiro atoms. The molecule has 1 aromatic heterocycles. The molecule has 1 saturated carbocycles. The second-order valence-electron chi connectivity index (χ2n) is 4.85. The van der Waals surface area contributed by atoms with Crippen LogP contribution in [0.4, 0.5) is 0 Å². The molecule has 2 rings (SSSR count). The van der Waals surface area contributed by atoms with Crippen LogP contribution in [0.3, 0.4) is 0 Å². The highest BCUT2D eigenvalue weighted by Gasteiger charge is 2.50. The Bertz CT molecular complexity index is 443. The second-order valence-corrected chi connectivity index (χ2v) is 5.57. The Morgan fingerprint density at radius 2 is 2.47 bits per heavy atom. The molecule has 0 unspecified atom stereocenters. The molecule has 1 fully saturated rings. The Hall–Kier alpha value is -1.41. The van der Waals surface area contributed by atoms with Gasteiger partial charge in [-0.15, -0.1) is 11.3 Å². The summed E-state index contributed by atoms with van der Waals surface area (Å²) in [6.07, 6.45) is 1.37. The number of rotatable bonds is 3. The van der Waals surface area contributed by atoms with E-state index >= 15 is 0 Å². The van der Waals surface area contributed by atoms with Crippen molar-refractivity contribution >= 4 is 17.2 Å². The van der Waals surface area contributed by atoms with E-state index < -0.39 is 5.41 Å². The fourth-order valence-corrected chi connectivity index (χ4v) is 2.99. The Morgan fingerprint density at radius 1 is 1.76 bits per heavy atom. The van der Waals surface area contributed by atoms with Gasteiger partial charge in [0.05, 0.1) is 23.8 Å². The monoisotopic (exact) mass is 249 g/mol. The summed E-state index contributed by atoms with van der Waals surface area (Å²) in [5, 5.41) is 11.1. The van der Waals surface area contributed by atoms with Crippen molar-refractivity contribution in [3.05, 3.63) is 16.6 Å². The van der Waals surface area contributed by atoms with Crippen molar-refractivity contribution in [2.75, 3.05) is 7.05 Å². The van der Waals surface area contributed by atoms with E-state index in [0.29, 0.717) is 25.3 Å². The maximum absolute atomic E-state index is 12.2. The highest BCUT2D eigenvalue weighted by atomic mass is 32.1. The van der Waals surface area contributed by atoms with E-state index in [-0.39, 0.29) is 5.91 Å². The zero-order chi connectivity index (χ0) is 12.5. The van der Waals surface area contributed by atoms with Crippen LogP contribution in [0.2, 0.25) is 0 Å². The lowest BCUT2D eigenvalue weighted by Gasteiger charge is -2.41. The number of thiazole rings is 1. The first-order valence-corrected chi connectivity index (χ1v) is 6.55. The summed E-state index contributed by atoms with van der Waals surface area (Å²) in [4.78, 5) is 18.0. The first-order chi connectivity index (χ1) is 8.07. The van der Waals surface area contributed by atoms with Crippen LogP contribution in [-0.4, -0.2) is 22.8 Å². The Morgan fingerprint density at radius 3 is 2.94 bits per heavy atom. The van der Waals surface area contributed by atoms with Gasteiger partial charge in [-0.25, -0.2) is 4.98 Å². The molecule has 17 heavy (non-hydrogen) atoms. The summed E-state index contributed by atoms with van der Waals surface area (Å²) in [5.41, 5.74) is 1.86. The number of carbonyl (C=O) groups is 1. The summed E-state index contributed by atoms with van der Waals surface area (Å²) in [5.74, 6) is 0.414. The Labute approximate surface area is 105 Å². The van der Waals surface area contributed by atoms with Crippen LogP contribution < -0.4 is 0 Å². The topological polar surface area (TPSA) is 57.0 Å². The molecule has 1 aliphatic carbocycles. The summed E-state index contributed by atoms with van der Waals surface area (Å²) in [6, 6.07) is 2.20. The van der Waals surface area contributed by atoms with Crippen molar-refractivity contribution in [1.82, 2.24) is 9.88 Å². The minimum Gasteiger partial charge on any atom is -0.338 e. The second kappa shape index (κ2) is 4.46. The number of carbonyl (C=O) groups excluding carboxylic acids is 1. The average Bonchev–Trinajstić information content (AvgIpc) is 2.76. The van der Waals surface area contributed by atoms with Crippen molar-refractivity contribution in [3.8, 4) is 6.07 Å². The molecule has 4 nitrogen and oxygen atoms in total. The molecular weight excluding hydrogens is 234 g/mol. The molecule has 0 radical (unpaired) electrons. The molecule has 0 aromatic carbocycles. The lowest BCUT2D eigenvalue weighted by atomic mass is 9.63. The van der Waals surface area contributed by atoms with E-state index in [9.17, 15) is 10.1 Å². The fourth-order valence-electron chi connectivity index (χ4n) is 2.44. The SMILES string of the molecule is CC1CC(C#N)(C(=O)N(C)Cc2cscn2)C1. The van der Waals surface area contributed by atoms with Gasteiger partial charge in [-0.1, -0.05) is 6.92 Å². The number of hydrogen-bond acceptors (Lipinski definition) is 4. The van der Waals surface area contributed by atoms with E-state index in [1.54, 1.807) is 17.5 Å². The van der Waals surface area contributed by atoms with Crippen LogP contribution in [0.15, 0.2) is 10.9 Å². The quantitative estimate of drug-likeness (QED) is 0.823. The lowest BCUT2D eigenvalue weighted by molar-refractivity contribution is -0.144. The summed E-state index contributed by atoms with van der Waals surface area (Å²) in [7, 11) is 1.74. The molecule has 0 aliphatic heterocycles. The molecular formula is C12H15N3OS. The molecule has 1 aliphatic rings. The molecule has 1 heterocycles. The van der Waals surface area contributed by atoms with Gasteiger partial charge >= 0.3 is 0 Å². The smallest absolute Gasteiger partial charge is 0.243 e. The highest BCUT2D eigenvalue weighted by Crippen LogP contribution is 2.46. The van der Waals surface area contributed by atoms with Crippen LogP contribution >= 0.6 is 11.3 Å². The predicted octanol–water partition coefficient (Wildman–Crippen LogP) is 2.04. The van der Waals surface area contributed by atoms with Gasteiger partial charge < -0.3 is 4.90 Å². The molecule has 0 saturated heterocycles. The summed E-state index contributed by atoms with van der Waals surface area (Å²) < 4.78 is 0. The number of hydrogen-bond donors (Lipinski definition) is 0. The van der Waals surface area contributed by atoms with Crippen LogP contribution in [0.5, 0.6) is 0 Å². The van der Waals surface area contributed by atoms with E-state index in [2.05, 4.69) is 18.0 Å². The lowest BCUT2D eigenvalue weighted by Crippen LogP contribution is -2.48. The van der Waals surface area contributed by atoms with Crippen LogP contribution in [0.25, 0.3) is 0 Å². The number of aromatic nitrogens is 1. The predicted molar refractivity (Wildman–Crippen MR) is 65.0 cm³/mol. The maximum atomic E-state index is 12.2. The van der Waals surface area contributed by atoms with Gasteiger partial charge in [-0.3, -0.25) is 4.79 Å². The van der Waals surface area contributed by atoms with Gasteiger partial charge in [0.1, 0.15) is 5.41 Å². The summed E-state index contributed by atoms with van der Waals surface area (Å²) in [6.45, 7) is 2.56. The molecule has 0 N–H and O–H groups in total. The molecule has 90 valence electrons. The molecule has 5 heteroatoms. The largest absolute Gasteiger partial charge is 0.338 e. The van der Waals surface area contributed by atoms with Crippen molar-refractivity contribution in [2.45, 2.75) is 26.3 Å².